The van der Waals surface area contributed by atoms with Gasteiger partial charge < -0.3 is 14.4 Å². The quantitative estimate of drug-likeness (QED) is 0.847. The Labute approximate surface area is 96.9 Å². The Morgan fingerprint density at radius 1 is 1.35 bits per heavy atom. The molecule has 0 fully saturated rings. The van der Waals surface area contributed by atoms with Gasteiger partial charge in [-0.1, -0.05) is 0 Å². The normalized spacial score (nSPS) is 10.5. The van der Waals surface area contributed by atoms with Gasteiger partial charge >= 0.3 is 5.97 Å². The van der Waals surface area contributed by atoms with Gasteiger partial charge in [0.25, 0.3) is 5.56 Å². The summed E-state index contributed by atoms with van der Waals surface area (Å²) in [7, 11) is 3.11. The van der Waals surface area contributed by atoms with Crippen molar-refractivity contribution in [1.29, 1.82) is 0 Å². The van der Waals surface area contributed by atoms with E-state index in [-0.39, 0.29) is 11.1 Å². The van der Waals surface area contributed by atoms with E-state index in [1.165, 1.54) is 11.7 Å². The Kier molecular flexibility index (Phi) is 2.59. The van der Waals surface area contributed by atoms with Gasteiger partial charge in [-0.3, -0.25) is 4.79 Å². The van der Waals surface area contributed by atoms with Crippen LogP contribution in [0, 0.1) is 0 Å². The van der Waals surface area contributed by atoms with E-state index in [2.05, 4.69) is 0 Å². The zero-order valence-electron chi connectivity index (χ0n) is 9.43. The fourth-order valence-corrected chi connectivity index (χ4v) is 1.74. The topological polar surface area (TPSA) is 68.5 Å². The zero-order valence-corrected chi connectivity index (χ0v) is 9.43. The molecule has 5 nitrogen and oxygen atoms in total. The highest BCUT2D eigenvalue weighted by Gasteiger charge is 2.12. The Morgan fingerprint density at radius 3 is 2.65 bits per heavy atom. The number of carboxylic acids is 1. The van der Waals surface area contributed by atoms with E-state index in [0.717, 1.165) is 6.07 Å². The van der Waals surface area contributed by atoms with Crippen molar-refractivity contribution in [2.75, 3.05) is 7.11 Å². The summed E-state index contributed by atoms with van der Waals surface area (Å²) in [5.74, 6) is -0.534. The van der Waals surface area contributed by atoms with Crippen molar-refractivity contribution in [1.82, 2.24) is 4.57 Å². The number of aromatic carboxylic acids is 1. The van der Waals surface area contributed by atoms with Crippen LogP contribution in [-0.4, -0.2) is 22.8 Å². The van der Waals surface area contributed by atoms with Gasteiger partial charge in [-0.2, -0.15) is 0 Å². The first-order valence-electron chi connectivity index (χ1n) is 4.95. The Balaban J connectivity index is 2.93. The minimum Gasteiger partial charge on any atom is -0.497 e. The van der Waals surface area contributed by atoms with Crippen molar-refractivity contribution in [3.63, 3.8) is 0 Å². The summed E-state index contributed by atoms with van der Waals surface area (Å²) >= 11 is 0. The van der Waals surface area contributed by atoms with Crippen molar-refractivity contribution in [3.8, 4) is 5.75 Å². The van der Waals surface area contributed by atoms with Crippen molar-refractivity contribution in [2.45, 2.75) is 0 Å². The van der Waals surface area contributed by atoms with Crippen LogP contribution in [0.5, 0.6) is 5.75 Å². The molecule has 0 saturated heterocycles. The second kappa shape index (κ2) is 3.93. The van der Waals surface area contributed by atoms with E-state index in [9.17, 15) is 9.59 Å². The molecule has 0 aliphatic heterocycles. The minimum atomic E-state index is -1.11. The highest BCUT2D eigenvalue weighted by molar-refractivity contribution is 6.02. The number of benzene rings is 1. The average molecular weight is 233 g/mol. The number of carboxylic acid groups (broad SMARTS) is 1. The zero-order chi connectivity index (χ0) is 12.6. The molecule has 2 aromatic rings. The van der Waals surface area contributed by atoms with Crippen LogP contribution in [0.4, 0.5) is 0 Å². The molecule has 1 heterocycles. The molecule has 1 aromatic heterocycles. The number of methoxy groups -OCH3 is 1. The number of hydrogen-bond donors (Lipinski definition) is 1. The molecule has 2 rings (SSSR count). The molecule has 1 aromatic carbocycles. The van der Waals surface area contributed by atoms with E-state index in [0.29, 0.717) is 16.7 Å². The molecular weight excluding hydrogens is 222 g/mol. The molecule has 0 amide bonds. The minimum absolute atomic E-state index is 0.00533. The molecule has 5 heteroatoms. The number of ether oxygens (including phenoxy) is 1. The van der Waals surface area contributed by atoms with Crippen LogP contribution in [-0.2, 0) is 7.05 Å². The molecule has 0 atom stereocenters. The maximum absolute atomic E-state index is 11.6. The van der Waals surface area contributed by atoms with Crippen molar-refractivity contribution in [3.05, 3.63) is 40.2 Å². The SMILES string of the molecule is COc1ccc2c(C(=O)O)cc(=O)n(C)c2c1. The van der Waals surface area contributed by atoms with Gasteiger partial charge in [0, 0.05) is 24.6 Å². The first-order valence-corrected chi connectivity index (χ1v) is 4.95. The predicted octanol–water partition coefficient (Wildman–Crippen LogP) is 1.25. The molecule has 1 N–H and O–H groups in total. The summed E-state index contributed by atoms with van der Waals surface area (Å²) < 4.78 is 6.45. The average Bonchev–Trinajstić information content (AvgIpc) is 2.32. The Hall–Kier alpha value is -2.30. The van der Waals surface area contributed by atoms with E-state index in [1.807, 2.05) is 0 Å². The first kappa shape index (κ1) is 11.2. The molecule has 0 radical (unpaired) electrons. The second-order valence-corrected chi connectivity index (χ2v) is 3.64. The summed E-state index contributed by atoms with van der Waals surface area (Å²) in [6, 6.07) is 6.07. The van der Waals surface area contributed by atoms with Crippen LogP contribution in [0.2, 0.25) is 0 Å². The number of carbonyl (C=O) groups is 1. The molecule has 0 spiro atoms. The fourth-order valence-electron chi connectivity index (χ4n) is 1.74. The molecule has 0 bridgehead atoms. The summed E-state index contributed by atoms with van der Waals surface area (Å²) in [6.07, 6.45) is 0. The summed E-state index contributed by atoms with van der Waals surface area (Å²) in [6.45, 7) is 0. The van der Waals surface area contributed by atoms with Crippen LogP contribution in [0.15, 0.2) is 29.1 Å². The van der Waals surface area contributed by atoms with E-state index >= 15 is 0 Å². The highest BCUT2D eigenvalue weighted by Crippen LogP contribution is 2.22. The van der Waals surface area contributed by atoms with Crippen LogP contribution in [0.1, 0.15) is 10.4 Å². The van der Waals surface area contributed by atoms with Gasteiger partial charge in [0.2, 0.25) is 0 Å². The summed E-state index contributed by atoms with van der Waals surface area (Å²) in [5.41, 5.74) is 0.183. The van der Waals surface area contributed by atoms with E-state index in [1.54, 1.807) is 25.2 Å². The number of pyridine rings is 1. The standard InChI is InChI=1S/C12H11NO4/c1-13-10-5-7(17-2)3-4-8(10)9(12(15)16)6-11(13)14/h3-6H,1-2H3,(H,15,16). The molecule has 88 valence electrons. The molecule has 0 unspecified atom stereocenters. The number of nitrogens with zero attached hydrogens (tertiary/aromatic N) is 1. The van der Waals surface area contributed by atoms with Crippen molar-refractivity contribution >= 4 is 16.9 Å². The van der Waals surface area contributed by atoms with Crippen molar-refractivity contribution < 1.29 is 14.6 Å². The number of aromatic nitrogens is 1. The van der Waals surface area contributed by atoms with E-state index in [4.69, 9.17) is 9.84 Å². The number of hydrogen-bond acceptors (Lipinski definition) is 3. The number of fused-ring (bicyclic) bond motifs is 1. The Bertz CT molecular complexity index is 657. The largest absolute Gasteiger partial charge is 0.497 e. The van der Waals surface area contributed by atoms with Gasteiger partial charge in [-0.05, 0) is 12.1 Å². The molecule has 0 aliphatic carbocycles. The van der Waals surface area contributed by atoms with Gasteiger partial charge in [0.05, 0.1) is 18.2 Å². The second-order valence-electron chi connectivity index (χ2n) is 3.64. The van der Waals surface area contributed by atoms with Crippen LogP contribution in [0.25, 0.3) is 10.9 Å². The molecule has 17 heavy (non-hydrogen) atoms. The van der Waals surface area contributed by atoms with Crippen molar-refractivity contribution in [2.24, 2.45) is 7.05 Å². The smallest absolute Gasteiger partial charge is 0.336 e. The molecule has 0 aliphatic rings. The number of aryl methyl sites for hydroxylation is 1. The maximum atomic E-state index is 11.6. The summed E-state index contributed by atoms with van der Waals surface area (Å²) in [5, 5.41) is 9.56. The lowest BCUT2D eigenvalue weighted by Crippen LogP contribution is -2.18. The molecule has 0 saturated carbocycles. The Morgan fingerprint density at radius 2 is 2.06 bits per heavy atom. The van der Waals surface area contributed by atoms with Crippen LogP contribution >= 0.6 is 0 Å². The maximum Gasteiger partial charge on any atom is 0.336 e. The van der Waals surface area contributed by atoms with Gasteiger partial charge in [0.1, 0.15) is 5.75 Å². The number of rotatable bonds is 2. The fraction of sp³-hybridized carbons (Fsp3) is 0.167. The van der Waals surface area contributed by atoms with Gasteiger partial charge in [-0.15, -0.1) is 0 Å². The monoisotopic (exact) mass is 233 g/mol. The third kappa shape index (κ3) is 1.75. The van der Waals surface area contributed by atoms with Crippen LogP contribution < -0.4 is 10.3 Å². The lowest BCUT2D eigenvalue weighted by molar-refractivity contribution is 0.0699. The summed E-state index contributed by atoms with van der Waals surface area (Å²) in [4.78, 5) is 22.7. The van der Waals surface area contributed by atoms with Gasteiger partial charge in [-0.25, -0.2) is 4.79 Å². The van der Waals surface area contributed by atoms with E-state index < -0.39 is 5.97 Å². The predicted molar refractivity (Wildman–Crippen MR) is 62.7 cm³/mol. The lowest BCUT2D eigenvalue weighted by Gasteiger charge is -2.09. The molecular formula is C12H11NO4. The first-order chi connectivity index (χ1) is 8.04. The van der Waals surface area contributed by atoms with Gasteiger partial charge in [0.15, 0.2) is 0 Å². The lowest BCUT2D eigenvalue weighted by atomic mass is 10.1. The highest BCUT2D eigenvalue weighted by atomic mass is 16.5. The van der Waals surface area contributed by atoms with Crippen LogP contribution in [0.3, 0.4) is 0 Å². The third-order valence-corrected chi connectivity index (χ3v) is 2.69. The third-order valence-electron chi connectivity index (χ3n) is 2.69.